The van der Waals surface area contributed by atoms with Crippen LogP contribution in [0.3, 0.4) is 0 Å². The van der Waals surface area contributed by atoms with Gasteiger partial charge in [0.15, 0.2) is 0 Å². The molecule has 0 aromatic rings. The SMILES string of the molecule is CC/C=C\C/C=C\C/C=C\C/C=C\C/C=C\CCCCCCCCCC(=O)OC(/C=C/CCCCCCCCCCCC)C(COP(=O)(O)OCC[N+](C)(C)C)NC(=O)CCCCCCCCCCCCCC/C=C\C/C=C\C/C=C\CCCCC. The highest BCUT2D eigenvalue weighted by molar-refractivity contribution is 7.47. The number of esters is 1. The predicted octanol–water partition coefficient (Wildman–Crippen LogP) is 22.8. The predicted molar refractivity (Wildman–Crippen MR) is 373 cm³/mol. The summed E-state index contributed by atoms with van der Waals surface area (Å²) in [6.45, 7) is 6.88. The molecule has 9 nitrogen and oxygen atoms in total. The standard InChI is InChI=1S/C76H135N2O7P/c1-7-10-13-16-19-22-25-28-30-32-34-36-38-39-41-42-44-46-48-50-53-56-59-62-65-68-75(79)77-73(72-84-86(81,82)83-71-70-78(4,5)6)74(67-64-61-58-55-52-27-24-21-18-15-12-9-3)85-76(80)69-66-63-60-57-54-51-49-47-45-43-40-37-35-33-31-29-26-23-20-17-14-11-8-2/h11,14,19-20,22-23,28-31,34-37,43,45,64,67,73-74H,7-10,12-13,15-18,21,24-27,32-33,38-42,44,46-63,65-66,68-72H2,1-6H3,(H-,77,79,81,82)/p+1/b14-11-,22-19-,23-20-,30-28-,31-29-,36-34-,37-35-,45-43-,67-64+. The Bertz CT molecular complexity index is 1840. The zero-order valence-electron chi connectivity index (χ0n) is 56.8. The smallest absolute Gasteiger partial charge is 0.456 e. The van der Waals surface area contributed by atoms with Gasteiger partial charge in [-0.25, -0.2) is 4.57 Å². The first-order valence-corrected chi connectivity index (χ1v) is 37.2. The van der Waals surface area contributed by atoms with Crippen molar-refractivity contribution in [2.24, 2.45) is 0 Å². The number of phosphoric ester groups is 1. The maximum Gasteiger partial charge on any atom is 0.472 e. The van der Waals surface area contributed by atoms with Gasteiger partial charge in [0.05, 0.1) is 33.8 Å². The van der Waals surface area contributed by atoms with Crippen molar-refractivity contribution in [1.29, 1.82) is 0 Å². The Hall–Kier alpha value is -3.33. The maximum absolute atomic E-state index is 13.6. The van der Waals surface area contributed by atoms with Crippen LogP contribution in [0.25, 0.3) is 0 Å². The van der Waals surface area contributed by atoms with Crippen molar-refractivity contribution < 1.29 is 37.3 Å². The first-order valence-electron chi connectivity index (χ1n) is 35.7. The molecule has 0 saturated carbocycles. The van der Waals surface area contributed by atoms with E-state index in [-0.39, 0.29) is 31.5 Å². The molecule has 86 heavy (non-hydrogen) atoms. The summed E-state index contributed by atoms with van der Waals surface area (Å²) < 4.78 is 30.8. The molecular weight excluding hydrogens is 1080 g/mol. The molecule has 0 spiro atoms. The fourth-order valence-electron chi connectivity index (χ4n) is 9.98. The van der Waals surface area contributed by atoms with Crippen molar-refractivity contribution in [2.45, 2.75) is 322 Å². The molecule has 0 heterocycles. The van der Waals surface area contributed by atoms with Gasteiger partial charge in [-0.2, -0.15) is 0 Å². The summed E-state index contributed by atoms with van der Waals surface area (Å²) in [6.07, 6.45) is 89.5. The summed E-state index contributed by atoms with van der Waals surface area (Å²) in [4.78, 5) is 37.9. The largest absolute Gasteiger partial charge is 0.472 e. The molecule has 0 radical (unpaired) electrons. The summed E-state index contributed by atoms with van der Waals surface area (Å²) in [5.41, 5.74) is 0. The average molecular weight is 1220 g/mol. The topological polar surface area (TPSA) is 111 Å². The molecule has 3 atom stereocenters. The number of allylic oxidation sites excluding steroid dienone is 17. The summed E-state index contributed by atoms with van der Waals surface area (Å²) in [5.74, 6) is -0.518. The van der Waals surface area contributed by atoms with Crippen LogP contribution >= 0.6 is 7.82 Å². The van der Waals surface area contributed by atoms with E-state index in [4.69, 9.17) is 13.8 Å². The lowest BCUT2D eigenvalue weighted by molar-refractivity contribution is -0.870. The molecule has 3 unspecified atom stereocenters. The molecule has 10 heteroatoms. The number of rotatable bonds is 64. The molecule has 2 N–H and O–H groups in total. The second-order valence-corrected chi connectivity index (χ2v) is 26.5. The number of ether oxygens (including phenoxy) is 1. The van der Waals surface area contributed by atoms with Gasteiger partial charge in [-0.15, -0.1) is 0 Å². The number of phosphoric acid groups is 1. The lowest BCUT2D eigenvalue weighted by Crippen LogP contribution is -2.47. The number of hydrogen-bond donors (Lipinski definition) is 2. The molecule has 496 valence electrons. The van der Waals surface area contributed by atoms with E-state index in [1.807, 2.05) is 33.3 Å². The quantitative estimate of drug-likeness (QED) is 0.0205. The third kappa shape index (κ3) is 65.1. The normalized spacial score (nSPS) is 14.2. The minimum Gasteiger partial charge on any atom is -0.456 e. The third-order valence-corrected chi connectivity index (χ3v) is 16.4. The van der Waals surface area contributed by atoms with E-state index in [0.29, 0.717) is 17.4 Å². The van der Waals surface area contributed by atoms with Crippen LogP contribution in [0, 0.1) is 0 Å². The molecule has 0 aromatic heterocycles. The van der Waals surface area contributed by atoms with Gasteiger partial charge in [-0.05, 0) is 115 Å². The molecular formula is C76H136N2O7P+. The number of unbranched alkanes of at least 4 members (excludes halogenated alkanes) is 32. The van der Waals surface area contributed by atoms with E-state index >= 15 is 0 Å². The van der Waals surface area contributed by atoms with Crippen molar-refractivity contribution >= 4 is 19.7 Å². The number of likely N-dealkylation sites (N-methyl/N-ethyl adjacent to an activating group) is 1. The summed E-state index contributed by atoms with van der Waals surface area (Å²) in [5, 5.41) is 3.07. The van der Waals surface area contributed by atoms with Crippen molar-refractivity contribution in [2.75, 3.05) is 40.9 Å². The van der Waals surface area contributed by atoms with Crippen LogP contribution in [0.1, 0.15) is 310 Å². The highest BCUT2D eigenvalue weighted by atomic mass is 31.2. The zero-order chi connectivity index (χ0) is 62.8. The van der Waals surface area contributed by atoms with Crippen LogP contribution in [-0.2, 0) is 27.9 Å². The first-order chi connectivity index (χ1) is 41.9. The Kier molecular flexibility index (Phi) is 62.1. The van der Waals surface area contributed by atoms with Crippen LogP contribution in [0.4, 0.5) is 0 Å². The maximum atomic E-state index is 13.6. The highest BCUT2D eigenvalue weighted by Crippen LogP contribution is 2.43. The molecule has 0 bridgehead atoms. The zero-order valence-corrected chi connectivity index (χ0v) is 57.7. The van der Waals surface area contributed by atoms with Gasteiger partial charge >= 0.3 is 13.8 Å². The Labute approximate surface area is 531 Å². The second kappa shape index (κ2) is 64.6. The number of amides is 1. The molecule has 0 fully saturated rings. The van der Waals surface area contributed by atoms with Crippen LogP contribution in [0.15, 0.2) is 109 Å². The second-order valence-electron chi connectivity index (χ2n) is 25.0. The molecule has 0 saturated heterocycles. The number of carbonyl (C=O) groups excluding carboxylic acids is 2. The van der Waals surface area contributed by atoms with Crippen molar-refractivity contribution in [3.05, 3.63) is 109 Å². The minimum atomic E-state index is -4.46. The third-order valence-electron chi connectivity index (χ3n) is 15.4. The van der Waals surface area contributed by atoms with E-state index in [0.717, 1.165) is 116 Å². The summed E-state index contributed by atoms with van der Waals surface area (Å²) in [6, 6.07) is -0.862. The lowest BCUT2D eigenvalue weighted by atomic mass is 10.0. The van der Waals surface area contributed by atoms with Crippen molar-refractivity contribution in [3.8, 4) is 0 Å². The van der Waals surface area contributed by atoms with Gasteiger partial charge in [-0.3, -0.25) is 18.6 Å². The molecule has 0 aliphatic heterocycles. The van der Waals surface area contributed by atoms with Gasteiger partial charge in [0, 0.05) is 12.8 Å². The Balaban J connectivity index is 5.10. The number of quaternary nitrogens is 1. The number of nitrogens with zero attached hydrogens (tertiary/aromatic N) is 1. The van der Waals surface area contributed by atoms with E-state index in [1.54, 1.807) is 0 Å². The van der Waals surface area contributed by atoms with Crippen LogP contribution < -0.4 is 5.32 Å². The monoisotopic (exact) mass is 1220 g/mol. The Morgan fingerprint density at radius 2 is 0.744 bits per heavy atom. The van der Waals surface area contributed by atoms with Crippen LogP contribution in [0.2, 0.25) is 0 Å². The van der Waals surface area contributed by atoms with E-state index in [1.165, 1.54) is 161 Å². The van der Waals surface area contributed by atoms with Gasteiger partial charge in [0.25, 0.3) is 0 Å². The van der Waals surface area contributed by atoms with Crippen molar-refractivity contribution in [3.63, 3.8) is 0 Å². The number of nitrogens with one attached hydrogen (secondary N) is 1. The van der Waals surface area contributed by atoms with E-state index in [9.17, 15) is 19.0 Å². The number of carbonyl (C=O) groups is 2. The molecule has 0 aliphatic rings. The van der Waals surface area contributed by atoms with Gasteiger partial charge < -0.3 is 19.4 Å². The fraction of sp³-hybridized carbons (Fsp3) is 0.737. The molecule has 0 rings (SSSR count). The van der Waals surface area contributed by atoms with Crippen LogP contribution in [0.5, 0.6) is 0 Å². The molecule has 0 aliphatic carbocycles. The Morgan fingerprint density at radius 3 is 1.14 bits per heavy atom. The lowest BCUT2D eigenvalue weighted by Gasteiger charge is -2.27. The minimum absolute atomic E-state index is 0.0335. The number of hydrogen-bond acceptors (Lipinski definition) is 6. The Morgan fingerprint density at radius 1 is 0.419 bits per heavy atom. The average Bonchev–Trinajstić information content (AvgIpc) is 3.69. The summed E-state index contributed by atoms with van der Waals surface area (Å²) >= 11 is 0. The first kappa shape index (κ1) is 82.7. The molecule has 0 aromatic carbocycles. The fourth-order valence-corrected chi connectivity index (χ4v) is 10.7. The van der Waals surface area contributed by atoms with Crippen molar-refractivity contribution in [1.82, 2.24) is 5.32 Å². The van der Waals surface area contributed by atoms with E-state index < -0.39 is 20.0 Å². The van der Waals surface area contributed by atoms with Gasteiger partial charge in [-0.1, -0.05) is 291 Å². The highest BCUT2D eigenvalue weighted by Gasteiger charge is 2.30. The summed E-state index contributed by atoms with van der Waals surface area (Å²) in [7, 11) is 1.48. The molecule has 1 amide bonds. The van der Waals surface area contributed by atoms with Crippen LogP contribution in [-0.4, -0.2) is 74.3 Å². The van der Waals surface area contributed by atoms with E-state index in [2.05, 4.69) is 123 Å². The van der Waals surface area contributed by atoms with Gasteiger partial charge in [0.2, 0.25) is 5.91 Å². The van der Waals surface area contributed by atoms with Gasteiger partial charge in [0.1, 0.15) is 19.3 Å².